The summed E-state index contributed by atoms with van der Waals surface area (Å²) in [6, 6.07) is 9.68. The molecule has 0 atom stereocenters. The minimum atomic E-state index is -2.36. The average Bonchev–Trinajstić information content (AvgIpc) is 2.86. The first kappa shape index (κ1) is 15.6. The van der Waals surface area contributed by atoms with Gasteiger partial charge in [0.05, 0.1) is 12.3 Å². The summed E-state index contributed by atoms with van der Waals surface area (Å²) < 4.78 is 30.8. The average molecular weight is 409 g/mol. The fourth-order valence-electron chi connectivity index (χ4n) is 1.63. The predicted molar refractivity (Wildman–Crippen MR) is 87.2 cm³/mol. The summed E-state index contributed by atoms with van der Waals surface area (Å²) in [6.45, 7) is 2.60. The highest BCUT2D eigenvalue weighted by Gasteiger charge is 2.07. The molecule has 0 aliphatic carbocycles. The van der Waals surface area contributed by atoms with Crippen LogP contribution in [0, 0.1) is 10.5 Å². The van der Waals surface area contributed by atoms with Gasteiger partial charge in [-0.2, -0.15) is 8.78 Å². The van der Waals surface area contributed by atoms with Gasteiger partial charge in [0.25, 0.3) is 5.76 Å². The van der Waals surface area contributed by atoms with Gasteiger partial charge in [0.2, 0.25) is 0 Å². The Morgan fingerprint density at radius 1 is 1.25 bits per heavy atom. The maximum Gasteiger partial charge on any atom is 0.284 e. The molecule has 0 amide bonds. The van der Waals surface area contributed by atoms with E-state index in [0.29, 0.717) is 24.1 Å². The Labute approximate surface area is 134 Å². The smallest absolute Gasteiger partial charge is 0.284 e. The van der Waals surface area contributed by atoms with E-state index in [-0.39, 0.29) is 5.75 Å². The summed E-state index contributed by atoms with van der Waals surface area (Å²) in [5.74, 6) is -0.854. The van der Waals surface area contributed by atoms with Crippen LogP contribution in [0.4, 0.5) is 14.5 Å². The number of thioether (sulfide) groups is 1. The Hall–Kier alpha value is -0.760. The highest BCUT2D eigenvalue weighted by molar-refractivity contribution is 14.1. The second kappa shape index (κ2) is 7.31. The lowest BCUT2D eigenvalue weighted by Gasteiger charge is -2.06. The number of halogens is 3. The van der Waals surface area contributed by atoms with Crippen LogP contribution in [-0.4, -0.2) is 5.76 Å². The largest absolute Gasteiger partial charge is 0.463 e. The lowest BCUT2D eigenvalue weighted by atomic mass is 10.2. The SMILES string of the molecule is Cc1ccc(NCc2ccc(CSC(F)F)o2)cc1I. The molecule has 0 saturated carbocycles. The Balaban J connectivity index is 1.89. The van der Waals surface area contributed by atoms with Gasteiger partial charge in [-0.3, -0.25) is 0 Å². The number of hydrogen-bond acceptors (Lipinski definition) is 3. The normalized spacial score (nSPS) is 11.1. The van der Waals surface area contributed by atoms with Gasteiger partial charge in [0.1, 0.15) is 11.5 Å². The van der Waals surface area contributed by atoms with Gasteiger partial charge in [0.15, 0.2) is 0 Å². The number of furan rings is 1. The van der Waals surface area contributed by atoms with Gasteiger partial charge in [0, 0.05) is 9.26 Å². The zero-order valence-corrected chi connectivity index (χ0v) is 13.8. The van der Waals surface area contributed by atoms with E-state index >= 15 is 0 Å². The van der Waals surface area contributed by atoms with Crippen LogP contribution in [0.25, 0.3) is 0 Å². The van der Waals surface area contributed by atoms with Crippen molar-refractivity contribution in [3.63, 3.8) is 0 Å². The molecule has 108 valence electrons. The number of alkyl halides is 2. The molecule has 1 aromatic carbocycles. The third-order valence-corrected chi connectivity index (χ3v) is 4.57. The second-order valence-corrected chi connectivity index (χ2v) is 6.40. The molecule has 0 fully saturated rings. The van der Waals surface area contributed by atoms with Gasteiger partial charge >= 0.3 is 0 Å². The molecule has 0 saturated heterocycles. The Bertz CT molecular complexity index is 574. The third-order valence-electron chi connectivity index (χ3n) is 2.71. The molecule has 0 unspecified atom stereocenters. The lowest BCUT2D eigenvalue weighted by molar-refractivity contribution is 0.251. The monoisotopic (exact) mass is 409 g/mol. The molecule has 20 heavy (non-hydrogen) atoms. The van der Waals surface area contributed by atoms with Gasteiger partial charge in [-0.15, -0.1) is 0 Å². The van der Waals surface area contributed by atoms with Crippen molar-refractivity contribution in [2.75, 3.05) is 5.32 Å². The molecule has 1 heterocycles. The highest BCUT2D eigenvalue weighted by atomic mass is 127. The molecule has 0 bridgehead atoms. The Kier molecular flexibility index (Phi) is 5.71. The molecule has 0 aliphatic rings. The van der Waals surface area contributed by atoms with Crippen LogP contribution in [0.3, 0.4) is 0 Å². The minimum Gasteiger partial charge on any atom is -0.463 e. The van der Waals surface area contributed by atoms with Gasteiger partial charge in [-0.1, -0.05) is 17.8 Å². The maximum atomic E-state index is 12.1. The molecule has 1 aromatic heterocycles. The third kappa shape index (κ3) is 4.66. The summed E-state index contributed by atoms with van der Waals surface area (Å²) in [5, 5.41) is 3.25. The van der Waals surface area contributed by atoms with Crippen molar-refractivity contribution >= 4 is 40.0 Å². The van der Waals surface area contributed by atoms with E-state index in [1.54, 1.807) is 6.07 Å². The van der Waals surface area contributed by atoms with Crippen molar-refractivity contribution in [1.82, 2.24) is 0 Å². The zero-order chi connectivity index (χ0) is 14.5. The quantitative estimate of drug-likeness (QED) is 0.659. The molecule has 2 nitrogen and oxygen atoms in total. The number of nitrogens with one attached hydrogen (secondary N) is 1. The summed E-state index contributed by atoms with van der Waals surface area (Å²) in [6.07, 6.45) is 0. The van der Waals surface area contributed by atoms with Crippen molar-refractivity contribution < 1.29 is 13.2 Å². The van der Waals surface area contributed by atoms with Crippen molar-refractivity contribution in [1.29, 1.82) is 0 Å². The van der Waals surface area contributed by atoms with Crippen molar-refractivity contribution in [2.45, 2.75) is 25.0 Å². The van der Waals surface area contributed by atoms with Crippen LogP contribution in [0.15, 0.2) is 34.7 Å². The van der Waals surface area contributed by atoms with Crippen LogP contribution < -0.4 is 5.32 Å². The number of hydrogen-bond donors (Lipinski definition) is 1. The number of benzene rings is 1. The van der Waals surface area contributed by atoms with E-state index < -0.39 is 5.76 Å². The Morgan fingerprint density at radius 2 is 2.00 bits per heavy atom. The topological polar surface area (TPSA) is 25.2 Å². The molecule has 1 N–H and O–H groups in total. The van der Waals surface area contributed by atoms with Crippen LogP contribution in [0.1, 0.15) is 17.1 Å². The van der Waals surface area contributed by atoms with E-state index in [1.165, 1.54) is 9.13 Å². The van der Waals surface area contributed by atoms with E-state index in [9.17, 15) is 8.78 Å². The fourth-order valence-corrected chi connectivity index (χ4v) is 2.59. The van der Waals surface area contributed by atoms with E-state index in [2.05, 4.69) is 47.0 Å². The standard InChI is InChI=1S/C14H14F2INOS/c1-9-2-3-10(6-13(9)17)18-7-11-4-5-12(19-11)8-20-14(15)16/h2-6,14,18H,7-8H2,1H3. The van der Waals surface area contributed by atoms with Crippen LogP contribution in [-0.2, 0) is 12.3 Å². The van der Waals surface area contributed by atoms with Crippen molar-refractivity contribution in [3.05, 3.63) is 51.0 Å². The van der Waals surface area contributed by atoms with E-state index in [4.69, 9.17) is 4.42 Å². The second-order valence-electron chi connectivity index (χ2n) is 4.26. The fraction of sp³-hybridized carbons (Fsp3) is 0.286. The van der Waals surface area contributed by atoms with Crippen LogP contribution in [0.2, 0.25) is 0 Å². The Morgan fingerprint density at radius 3 is 2.70 bits per heavy atom. The van der Waals surface area contributed by atoms with Crippen molar-refractivity contribution in [2.24, 2.45) is 0 Å². The maximum absolute atomic E-state index is 12.1. The van der Waals surface area contributed by atoms with Crippen LogP contribution >= 0.6 is 34.4 Å². The summed E-state index contributed by atoms with van der Waals surface area (Å²) in [7, 11) is 0. The molecule has 0 spiro atoms. The summed E-state index contributed by atoms with van der Waals surface area (Å²) in [4.78, 5) is 0. The predicted octanol–water partition coefficient (Wildman–Crippen LogP) is 5.26. The van der Waals surface area contributed by atoms with Crippen molar-refractivity contribution in [3.8, 4) is 0 Å². The summed E-state index contributed by atoms with van der Waals surface area (Å²) >= 11 is 2.86. The minimum absolute atomic E-state index is 0.195. The molecular weight excluding hydrogens is 395 g/mol. The number of rotatable bonds is 6. The van der Waals surface area contributed by atoms with E-state index in [0.717, 1.165) is 11.4 Å². The molecule has 2 rings (SSSR count). The zero-order valence-electron chi connectivity index (χ0n) is 10.8. The number of aryl methyl sites for hydroxylation is 1. The number of anilines is 1. The molecule has 0 aliphatic heterocycles. The highest BCUT2D eigenvalue weighted by Crippen LogP contribution is 2.22. The van der Waals surface area contributed by atoms with Crippen LogP contribution in [0.5, 0.6) is 0 Å². The first-order valence-electron chi connectivity index (χ1n) is 6.02. The van der Waals surface area contributed by atoms with Gasteiger partial charge in [-0.05, 0) is 59.3 Å². The molecule has 2 aromatic rings. The summed E-state index contributed by atoms with van der Waals surface area (Å²) in [5.41, 5.74) is 2.25. The van der Waals surface area contributed by atoms with Gasteiger partial charge < -0.3 is 9.73 Å². The first-order chi connectivity index (χ1) is 9.54. The first-order valence-corrected chi connectivity index (χ1v) is 8.14. The molecule has 6 heteroatoms. The van der Waals surface area contributed by atoms with E-state index in [1.807, 2.05) is 12.1 Å². The molecular formula is C14H14F2INOS. The molecule has 0 radical (unpaired) electrons. The van der Waals surface area contributed by atoms with Gasteiger partial charge in [-0.25, -0.2) is 0 Å². The lowest BCUT2D eigenvalue weighted by Crippen LogP contribution is -1.98.